The zero-order valence-electron chi connectivity index (χ0n) is 17.9. The van der Waals surface area contributed by atoms with E-state index in [0.29, 0.717) is 33.5 Å². The van der Waals surface area contributed by atoms with Crippen LogP contribution in [-0.2, 0) is 6.61 Å². The number of nitrogens with zero attached hydrogens (tertiary/aromatic N) is 4. The van der Waals surface area contributed by atoms with Crippen LogP contribution in [0.4, 0.5) is 5.69 Å². The molecule has 1 amide bonds. The van der Waals surface area contributed by atoms with Crippen molar-refractivity contribution in [1.82, 2.24) is 19.2 Å². The van der Waals surface area contributed by atoms with E-state index < -0.39 is 0 Å². The molecule has 2 heterocycles. The van der Waals surface area contributed by atoms with Gasteiger partial charge in [0.25, 0.3) is 17.2 Å². The fraction of sp³-hybridized carbons (Fsp3) is 0.217. The molecule has 0 unspecified atom stereocenters. The molecule has 2 aromatic carbocycles. The molecule has 4 aromatic rings. The predicted molar refractivity (Wildman–Crippen MR) is 123 cm³/mol. The van der Waals surface area contributed by atoms with Crippen molar-refractivity contribution in [2.45, 2.75) is 33.4 Å². The van der Waals surface area contributed by atoms with Crippen LogP contribution in [0.1, 0.15) is 41.5 Å². The lowest BCUT2D eigenvalue weighted by Crippen LogP contribution is -2.23. The second kappa shape index (κ2) is 8.84. The number of hydrogen-bond donors (Lipinski definition) is 1. The van der Waals surface area contributed by atoms with E-state index in [1.807, 2.05) is 32.9 Å². The molecule has 32 heavy (non-hydrogen) atoms. The Hall–Kier alpha value is -3.65. The van der Waals surface area contributed by atoms with Gasteiger partial charge in [0, 0.05) is 22.7 Å². The number of amides is 1. The summed E-state index contributed by atoms with van der Waals surface area (Å²) in [4.78, 5) is 33.9. The fourth-order valence-electron chi connectivity index (χ4n) is 3.27. The maximum Gasteiger partial charge on any atom is 0.274 e. The molecule has 0 aliphatic rings. The Kier molecular flexibility index (Phi) is 5.96. The van der Waals surface area contributed by atoms with Crippen LogP contribution in [-0.4, -0.2) is 25.1 Å². The molecule has 0 saturated carbocycles. The van der Waals surface area contributed by atoms with Crippen molar-refractivity contribution in [3.63, 3.8) is 0 Å². The van der Waals surface area contributed by atoms with Crippen LogP contribution >= 0.6 is 11.6 Å². The number of rotatable bonds is 6. The first-order valence-electron chi connectivity index (χ1n) is 10.1. The van der Waals surface area contributed by atoms with Gasteiger partial charge < -0.3 is 10.1 Å². The summed E-state index contributed by atoms with van der Waals surface area (Å²) in [5.41, 5.74) is 2.11. The first kappa shape index (κ1) is 21.6. The molecular formula is C23H22ClN5O3. The van der Waals surface area contributed by atoms with Crippen molar-refractivity contribution >= 4 is 29.0 Å². The molecular weight excluding hydrogens is 430 g/mol. The van der Waals surface area contributed by atoms with Gasteiger partial charge in [-0.15, -0.1) is 0 Å². The summed E-state index contributed by atoms with van der Waals surface area (Å²) < 4.78 is 9.01. The number of aromatic nitrogens is 4. The summed E-state index contributed by atoms with van der Waals surface area (Å²) in [6.07, 6.45) is 1.58. The van der Waals surface area contributed by atoms with Crippen LogP contribution < -0.4 is 15.6 Å². The van der Waals surface area contributed by atoms with E-state index in [4.69, 9.17) is 16.3 Å². The topological polar surface area (TPSA) is 90.5 Å². The highest BCUT2D eigenvalue weighted by Gasteiger charge is 2.14. The quantitative estimate of drug-likeness (QED) is 0.473. The normalized spacial score (nSPS) is 11.2. The monoisotopic (exact) mass is 451 g/mol. The number of anilines is 1. The van der Waals surface area contributed by atoms with Crippen LogP contribution in [0.2, 0.25) is 5.02 Å². The van der Waals surface area contributed by atoms with Gasteiger partial charge in [-0.25, -0.2) is 4.98 Å². The lowest BCUT2D eigenvalue weighted by molar-refractivity contribution is 0.102. The number of halogens is 1. The average Bonchev–Trinajstić information content (AvgIpc) is 3.18. The van der Waals surface area contributed by atoms with Gasteiger partial charge >= 0.3 is 0 Å². The van der Waals surface area contributed by atoms with Gasteiger partial charge in [0.05, 0.1) is 11.4 Å². The van der Waals surface area contributed by atoms with E-state index in [2.05, 4.69) is 15.3 Å². The third-order valence-corrected chi connectivity index (χ3v) is 5.06. The number of carbonyl (C=O) groups is 1. The number of hydrogen-bond acceptors (Lipinski definition) is 5. The van der Waals surface area contributed by atoms with E-state index in [1.54, 1.807) is 41.3 Å². The molecule has 164 valence electrons. The largest absolute Gasteiger partial charge is 0.485 e. The minimum atomic E-state index is -0.280. The van der Waals surface area contributed by atoms with Crippen molar-refractivity contribution in [2.75, 3.05) is 5.32 Å². The molecule has 0 spiro atoms. The average molecular weight is 452 g/mol. The number of nitrogens with one attached hydrogen (secondary N) is 1. The van der Waals surface area contributed by atoms with Crippen molar-refractivity contribution in [3.8, 4) is 5.75 Å². The number of benzene rings is 2. The Bertz CT molecular complexity index is 1360. The van der Waals surface area contributed by atoms with Gasteiger partial charge in [-0.05, 0) is 51.1 Å². The Labute approximate surface area is 189 Å². The van der Waals surface area contributed by atoms with Gasteiger partial charge in [-0.1, -0.05) is 29.3 Å². The molecule has 0 radical (unpaired) electrons. The SMILES string of the molecule is Cc1cccc(C(=O)Nc2cc(Cl)ccc2OCc2cc(=O)n3c(ncn3C(C)C)n2)c1. The predicted octanol–water partition coefficient (Wildman–Crippen LogP) is 4.27. The highest BCUT2D eigenvalue weighted by molar-refractivity contribution is 6.31. The van der Waals surface area contributed by atoms with E-state index >= 15 is 0 Å². The molecule has 0 atom stereocenters. The molecule has 0 aliphatic heterocycles. The Morgan fingerprint density at radius 1 is 1.19 bits per heavy atom. The minimum absolute atomic E-state index is 0.0230. The zero-order chi connectivity index (χ0) is 22.8. The van der Waals surface area contributed by atoms with Crippen LogP contribution in [0.3, 0.4) is 0 Å². The Morgan fingerprint density at radius 3 is 2.75 bits per heavy atom. The second-order valence-corrected chi connectivity index (χ2v) is 8.11. The van der Waals surface area contributed by atoms with E-state index in [1.165, 1.54) is 10.6 Å². The summed E-state index contributed by atoms with van der Waals surface area (Å²) >= 11 is 6.13. The summed E-state index contributed by atoms with van der Waals surface area (Å²) in [6, 6.07) is 13.7. The van der Waals surface area contributed by atoms with Crippen LogP contribution in [0.25, 0.3) is 5.78 Å². The molecule has 0 bridgehead atoms. The van der Waals surface area contributed by atoms with Crippen molar-refractivity contribution in [3.05, 3.63) is 87.1 Å². The van der Waals surface area contributed by atoms with Crippen molar-refractivity contribution in [2.24, 2.45) is 0 Å². The summed E-state index contributed by atoms with van der Waals surface area (Å²) in [7, 11) is 0. The third-order valence-electron chi connectivity index (χ3n) is 4.83. The van der Waals surface area contributed by atoms with Gasteiger partial charge in [0.15, 0.2) is 0 Å². The molecule has 4 rings (SSSR count). The molecule has 0 fully saturated rings. The summed E-state index contributed by atoms with van der Waals surface area (Å²) in [5.74, 6) is 0.428. The third kappa shape index (κ3) is 4.50. The van der Waals surface area contributed by atoms with Gasteiger partial charge in [-0.2, -0.15) is 9.50 Å². The lowest BCUT2D eigenvalue weighted by atomic mass is 10.1. The van der Waals surface area contributed by atoms with Gasteiger partial charge in [0.2, 0.25) is 0 Å². The van der Waals surface area contributed by atoms with E-state index in [0.717, 1.165) is 5.56 Å². The summed E-state index contributed by atoms with van der Waals surface area (Å²) in [6.45, 7) is 5.85. The van der Waals surface area contributed by atoms with Gasteiger partial charge in [-0.3, -0.25) is 14.3 Å². The van der Waals surface area contributed by atoms with Crippen molar-refractivity contribution < 1.29 is 9.53 Å². The van der Waals surface area contributed by atoms with Crippen LogP contribution in [0, 0.1) is 6.92 Å². The number of ether oxygens (including phenoxy) is 1. The summed E-state index contributed by atoms with van der Waals surface area (Å²) in [5, 5.41) is 3.29. The standard InChI is InChI=1S/C23H22ClN5O3/c1-14(2)28-13-25-23-26-18(11-21(30)29(23)28)12-32-20-8-7-17(24)10-19(20)27-22(31)16-6-4-5-15(3)9-16/h4-11,13-14H,12H2,1-3H3,(H,27,31). The maximum absolute atomic E-state index is 12.7. The molecule has 0 aliphatic carbocycles. The molecule has 0 saturated heterocycles. The number of aryl methyl sites for hydroxylation is 1. The zero-order valence-corrected chi connectivity index (χ0v) is 18.6. The Balaban J connectivity index is 1.56. The molecule has 2 aromatic heterocycles. The second-order valence-electron chi connectivity index (χ2n) is 7.67. The molecule has 8 nitrogen and oxygen atoms in total. The van der Waals surface area contributed by atoms with Crippen molar-refractivity contribution in [1.29, 1.82) is 0 Å². The highest BCUT2D eigenvalue weighted by Crippen LogP contribution is 2.29. The highest BCUT2D eigenvalue weighted by atomic mass is 35.5. The smallest absolute Gasteiger partial charge is 0.274 e. The van der Waals surface area contributed by atoms with Crippen LogP contribution in [0.5, 0.6) is 5.75 Å². The van der Waals surface area contributed by atoms with E-state index in [9.17, 15) is 9.59 Å². The molecule has 9 heteroatoms. The van der Waals surface area contributed by atoms with E-state index in [-0.39, 0.29) is 24.1 Å². The van der Waals surface area contributed by atoms with Gasteiger partial charge in [0.1, 0.15) is 18.7 Å². The fourth-order valence-corrected chi connectivity index (χ4v) is 3.44. The lowest BCUT2D eigenvalue weighted by Gasteiger charge is -2.13. The maximum atomic E-state index is 12.7. The molecule has 1 N–H and O–H groups in total. The minimum Gasteiger partial charge on any atom is -0.485 e. The first-order chi connectivity index (χ1) is 15.3. The number of fused-ring (bicyclic) bond motifs is 1. The first-order valence-corrected chi connectivity index (χ1v) is 10.5. The number of carbonyl (C=O) groups excluding carboxylic acids is 1. The Morgan fingerprint density at radius 2 is 2.00 bits per heavy atom. The van der Waals surface area contributed by atoms with Crippen LogP contribution in [0.15, 0.2) is 59.7 Å².